The number of carboxylic acid groups (broad SMARTS) is 1. The minimum absolute atomic E-state index is 0.0333. The number of carboxylic acids is 1. The Kier molecular flexibility index (Phi) is 4.64. The zero-order chi connectivity index (χ0) is 17.3. The van der Waals surface area contributed by atoms with Gasteiger partial charge >= 0.3 is 5.97 Å². The smallest absolute Gasteiger partial charge is 0.305 e. The first-order valence-corrected chi connectivity index (χ1v) is 8.29. The molecule has 1 amide bonds. The Hall–Kier alpha value is -2.24. The number of rotatable bonds is 6. The van der Waals surface area contributed by atoms with Gasteiger partial charge in [-0.3, -0.25) is 9.59 Å². The number of aliphatic carboxylic acids is 1. The van der Waals surface area contributed by atoms with Gasteiger partial charge in [0.15, 0.2) is 0 Å². The molecule has 2 aliphatic rings. The van der Waals surface area contributed by atoms with E-state index in [1.54, 1.807) is 19.1 Å². The summed E-state index contributed by atoms with van der Waals surface area (Å²) in [6.45, 7) is 0.662. The zero-order valence-electron chi connectivity index (χ0n) is 14.0. The van der Waals surface area contributed by atoms with E-state index in [9.17, 15) is 9.59 Å². The third-order valence-electron chi connectivity index (χ3n) is 5.01. The summed E-state index contributed by atoms with van der Waals surface area (Å²) in [6, 6.07) is 5.46. The zero-order valence-corrected chi connectivity index (χ0v) is 14.0. The van der Waals surface area contributed by atoms with Gasteiger partial charge in [-0.1, -0.05) is 0 Å². The number of likely N-dealkylation sites (tertiary alicyclic amines) is 1. The summed E-state index contributed by atoms with van der Waals surface area (Å²) in [4.78, 5) is 25.5. The first kappa shape index (κ1) is 16.6. The lowest BCUT2D eigenvalue weighted by Gasteiger charge is -2.23. The van der Waals surface area contributed by atoms with Crippen molar-refractivity contribution in [3.63, 3.8) is 0 Å². The van der Waals surface area contributed by atoms with E-state index >= 15 is 0 Å². The van der Waals surface area contributed by atoms with Crippen LogP contribution in [0.4, 0.5) is 0 Å². The van der Waals surface area contributed by atoms with Crippen LogP contribution in [-0.4, -0.2) is 48.7 Å². The van der Waals surface area contributed by atoms with Crippen LogP contribution in [0.2, 0.25) is 0 Å². The molecule has 1 aliphatic carbocycles. The highest BCUT2D eigenvalue weighted by Gasteiger charge is 2.48. The van der Waals surface area contributed by atoms with Crippen molar-refractivity contribution in [1.82, 2.24) is 4.90 Å². The summed E-state index contributed by atoms with van der Waals surface area (Å²) >= 11 is 0. The van der Waals surface area contributed by atoms with Crippen molar-refractivity contribution in [2.75, 3.05) is 20.8 Å². The Morgan fingerprint density at radius 3 is 2.75 bits per heavy atom. The Balaban J connectivity index is 1.73. The van der Waals surface area contributed by atoms with Gasteiger partial charge in [0, 0.05) is 30.0 Å². The topological polar surface area (TPSA) is 76.1 Å². The van der Waals surface area contributed by atoms with Gasteiger partial charge in [-0.05, 0) is 37.5 Å². The molecule has 1 saturated carbocycles. The molecule has 1 aromatic rings. The molecule has 3 atom stereocenters. The predicted molar refractivity (Wildman–Crippen MR) is 87.4 cm³/mol. The molecule has 3 rings (SSSR count). The molecule has 6 heteroatoms. The van der Waals surface area contributed by atoms with Crippen molar-refractivity contribution in [2.24, 2.45) is 5.92 Å². The molecule has 0 aromatic heterocycles. The quantitative estimate of drug-likeness (QED) is 0.864. The molecule has 1 heterocycles. The van der Waals surface area contributed by atoms with Crippen LogP contribution in [0.3, 0.4) is 0 Å². The minimum atomic E-state index is -0.846. The van der Waals surface area contributed by atoms with Crippen LogP contribution < -0.4 is 9.47 Å². The second kappa shape index (κ2) is 6.71. The molecule has 0 spiro atoms. The normalized spacial score (nSPS) is 25.4. The first-order valence-electron chi connectivity index (χ1n) is 8.29. The van der Waals surface area contributed by atoms with Gasteiger partial charge in [-0.25, -0.2) is 0 Å². The number of methoxy groups -OCH3 is 2. The van der Waals surface area contributed by atoms with E-state index in [1.165, 1.54) is 0 Å². The van der Waals surface area contributed by atoms with E-state index in [4.69, 9.17) is 14.6 Å². The summed E-state index contributed by atoms with van der Waals surface area (Å²) in [6.07, 6.45) is 2.46. The van der Waals surface area contributed by atoms with E-state index in [0.29, 0.717) is 6.54 Å². The van der Waals surface area contributed by atoms with E-state index < -0.39 is 5.97 Å². The summed E-state index contributed by atoms with van der Waals surface area (Å²) in [7, 11) is 3.23. The van der Waals surface area contributed by atoms with Crippen molar-refractivity contribution in [1.29, 1.82) is 0 Å². The number of benzene rings is 1. The Morgan fingerprint density at radius 2 is 2.08 bits per heavy atom. The monoisotopic (exact) mass is 333 g/mol. The molecule has 1 saturated heterocycles. The fourth-order valence-electron chi connectivity index (χ4n) is 3.69. The number of hydrogen-bond donors (Lipinski definition) is 1. The number of ether oxygens (including phenoxy) is 2. The van der Waals surface area contributed by atoms with Gasteiger partial charge in [0.05, 0.1) is 20.6 Å². The van der Waals surface area contributed by atoms with Crippen LogP contribution in [0.25, 0.3) is 0 Å². The summed E-state index contributed by atoms with van der Waals surface area (Å²) in [5.74, 6) is 0.776. The Bertz CT molecular complexity index is 644. The second-order valence-electron chi connectivity index (χ2n) is 6.48. The number of carbonyl (C=O) groups is 2. The molecule has 2 fully saturated rings. The maximum Gasteiger partial charge on any atom is 0.305 e. The highest BCUT2D eigenvalue weighted by atomic mass is 16.5. The second-order valence-corrected chi connectivity index (χ2v) is 6.48. The molecule has 0 bridgehead atoms. The molecule has 1 aromatic carbocycles. The molecule has 0 radical (unpaired) electrons. The molecule has 24 heavy (non-hydrogen) atoms. The largest absolute Gasteiger partial charge is 0.497 e. The van der Waals surface area contributed by atoms with Crippen molar-refractivity contribution in [2.45, 2.75) is 37.6 Å². The Labute approximate surface area is 141 Å². The van der Waals surface area contributed by atoms with Crippen molar-refractivity contribution in [3.05, 3.63) is 23.8 Å². The lowest BCUT2D eigenvalue weighted by Crippen LogP contribution is -2.38. The third kappa shape index (κ3) is 3.18. The van der Waals surface area contributed by atoms with E-state index in [2.05, 4.69) is 0 Å². The molecule has 3 unspecified atom stereocenters. The van der Waals surface area contributed by atoms with E-state index in [1.807, 2.05) is 18.2 Å². The maximum atomic E-state index is 12.8. The number of hydrogen-bond acceptors (Lipinski definition) is 4. The van der Waals surface area contributed by atoms with Gasteiger partial charge in [-0.15, -0.1) is 0 Å². The number of amides is 1. The van der Waals surface area contributed by atoms with Crippen LogP contribution in [0.5, 0.6) is 11.5 Å². The van der Waals surface area contributed by atoms with Crippen molar-refractivity contribution >= 4 is 11.9 Å². The highest BCUT2D eigenvalue weighted by molar-refractivity contribution is 5.84. The average molecular weight is 333 g/mol. The fourth-order valence-corrected chi connectivity index (χ4v) is 3.69. The van der Waals surface area contributed by atoms with E-state index in [0.717, 1.165) is 36.3 Å². The third-order valence-corrected chi connectivity index (χ3v) is 5.01. The van der Waals surface area contributed by atoms with Gasteiger partial charge < -0.3 is 19.5 Å². The van der Waals surface area contributed by atoms with Crippen LogP contribution >= 0.6 is 0 Å². The predicted octanol–water partition coefficient (Wildman–Crippen LogP) is 2.27. The summed E-state index contributed by atoms with van der Waals surface area (Å²) < 4.78 is 10.7. The first-order chi connectivity index (χ1) is 11.5. The average Bonchev–Trinajstić information content (AvgIpc) is 3.25. The number of carbonyl (C=O) groups excluding carboxylic acids is 1. The van der Waals surface area contributed by atoms with Crippen LogP contribution in [0, 0.1) is 5.92 Å². The van der Waals surface area contributed by atoms with Crippen LogP contribution in [-0.2, 0) is 9.59 Å². The van der Waals surface area contributed by atoms with Gasteiger partial charge in [-0.2, -0.15) is 0 Å². The lowest BCUT2D eigenvalue weighted by molar-refractivity contribution is -0.140. The lowest BCUT2D eigenvalue weighted by atomic mass is 10.1. The minimum Gasteiger partial charge on any atom is -0.497 e. The fraction of sp³-hybridized carbons (Fsp3) is 0.556. The molecule has 6 nitrogen and oxygen atoms in total. The van der Waals surface area contributed by atoms with Gasteiger partial charge in [0.2, 0.25) is 5.91 Å². The summed E-state index contributed by atoms with van der Waals surface area (Å²) in [5.41, 5.74) is 0.990. The van der Waals surface area contributed by atoms with Crippen LogP contribution in [0.1, 0.15) is 37.2 Å². The SMILES string of the molecule is COc1ccc(OC)c(C2CC2C(=O)N2CCCC2CC(=O)O)c1. The van der Waals surface area contributed by atoms with Gasteiger partial charge in [0.1, 0.15) is 11.5 Å². The molecule has 1 aliphatic heterocycles. The number of nitrogens with zero attached hydrogens (tertiary/aromatic N) is 1. The van der Waals surface area contributed by atoms with Crippen molar-refractivity contribution in [3.8, 4) is 11.5 Å². The van der Waals surface area contributed by atoms with E-state index in [-0.39, 0.29) is 30.2 Å². The van der Waals surface area contributed by atoms with Crippen LogP contribution in [0.15, 0.2) is 18.2 Å². The standard InChI is InChI=1S/C18H23NO5/c1-23-12-5-6-16(24-2)14(9-12)13-10-15(13)18(22)19-7-3-4-11(19)8-17(20)21/h5-6,9,11,13,15H,3-4,7-8,10H2,1-2H3,(H,20,21). The molecule has 1 N–H and O–H groups in total. The Morgan fingerprint density at radius 1 is 1.29 bits per heavy atom. The molecule has 130 valence electrons. The summed E-state index contributed by atoms with van der Waals surface area (Å²) in [5, 5.41) is 9.02. The highest BCUT2D eigenvalue weighted by Crippen LogP contribution is 2.52. The maximum absolute atomic E-state index is 12.8. The molecular weight excluding hydrogens is 310 g/mol. The van der Waals surface area contributed by atoms with Gasteiger partial charge in [0.25, 0.3) is 0 Å². The molecular formula is C18H23NO5. The van der Waals surface area contributed by atoms with Crippen molar-refractivity contribution < 1.29 is 24.2 Å².